The van der Waals surface area contributed by atoms with Crippen LogP contribution in [-0.2, 0) is 11.3 Å². The van der Waals surface area contributed by atoms with E-state index in [2.05, 4.69) is 58.5 Å². The van der Waals surface area contributed by atoms with E-state index in [1.807, 2.05) is 0 Å². The van der Waals surface area contributed by atoms with E-state index in [1.54, 1.807) is 0 Å². The highest BCUT2D eigenvalue weighted by atomic mass is 16.5. The highest BCUT2D eigenvalue weighted by molar-refractivity contribution is 5.40. The van der Waals surface area contributed by atoms with E-state index in [9.17, 15) is 0 Å². The largest absolute Gasteiger partial charge is 0.378 e. The van der Waals surface area contributed by atoms with Crippen molar-refractivity contribution in [2.75, 3.05) is 37.7 Å². The van der Waals surface area contributed by atoms with Gasteiger partial charge in [0.1, 0.15) is 5.82 Å². The first-order valence-electron chi connectivity index (χ1n) is 9.47. The van der Waals surface area contributed by atoms with Gasteiger partial charge in [-0.25, -0.2) is 4.98 Å². The number of hydrogen-bond acceptors (Lipinski definition) is 4. The molecule has 2 aliphatic rings. The fourth-order valence-electron chi connectivity index (χ4n) is 3.95. The molecule has 0 N–H and O–H groups in total. The van der Waals surface area contributed by atoms with E-state index < -0.39 is 0 Å². The van der Waals surface area contributed by atoms with Crippen LogP contribution in [0.1, 0.15) is 36.4 Å². The minimum absolute atomic E-state index is 0.486. The number of aromatic nitrogens is 1. The molecule has 4 heteroatoms. The number of ether oxygens (including phenoxy) is 1. The molecule has 0 saturated carbocycles. The van der Waals surface area contributed by atoms with Crippen molar-refractivity contribution in [3.63, 3.8) is 0 Å². The lowest BCUT2D eigenvalue weighted by molar-refractivity contribution is 0.122. The predicted octanol–water partition coefficient (Wildman–Crippen LogP) is 3.65. The smallest absolute Gasteiger partial charge is 0.128 e. The van der Waals surface area contributed by atoms with E-state index in [4.69, 9.17) is 9.72 Å². The molecule has 2 aliphatic heterocycles. The summed E-state index contributed by atoms with van der Waals surface area (Å²) in [6.45, 7) is 5.68. The second-order valence-electron chi connectivity index (χ2n) is 7.02. The Bertz CT molecular complexity index is 653. The zero-order valence-electron chi connectivity index (χ0n) is 14.8. The van der Waals surface area contributed by atoms with Crippen LogP contribution < -0.4 is 4.90 Å². The molecule has 25 heavy (non-hydrogen) atoms. The Labute approximate surface area is 150 Å². The van der Waals surface area contributed by atoms with E-state index in [0.717, 1.165) is 38.7 Å². The molecule has 0 bridgehead atoms. The van der Waals surface area contributed by atoms with Gasteiger partial charge >= 0.3 is 0 Å². The fourth-order valence-corrected chi connectivity index (χ4v) is 3.95. The number of rotatable bonds is 4. The average molecular weight is 337 g/mol. The van der Waals surface area contributed by atoms with Crippen LogP contribution in [0.25, 0.3) is 0 Å². The van der Waals surface area contributed by atoms with E-state index >= 15 is 0 Å². The first-order valence-corrected chi connectivity index (χ1v) is 9.47. The Morgan fingerprint density at radius 2 is 1.80 bits per heavy atom. The maximum atomic E-state index is 5.43. The Balaban J connectivity index is 1.48. The number of hydrogen-bond donors (Lipinski definition) is 0. The summed E-state index contributed by atoms with van der Waals surface area (Å²) in [6, 6.07) is 15.8. The van der Waals surface area contributed by atoms with Crippen molar-refractivity contribution in [3.05, 3.63) is 59.8 Å². The molecule has 4 rings (SSSR count). The molecule has 0 aliphatic carbocycles. The molecule has 132 valence electrons. The molecule has 4 nitrogen and oxygen atoms in total. The number of anilines is 1. The first kappa shape index (κ1) is 16.6. The van der Waals surface area contributed by atoms with Gasteiger partial charge in [-0.3, -0.25) is 4.90 Å². The van der Waals surface area contributed by atoms with Gasteiger partial charge in [0.25, 0.3) is 0 Å². The lowest BCUT2D eigenvalue weighted by atomic mass is 9.95. The quantitative estimate of drug-likeness (QED) is 0.851. The van der Waals surface area contributed by atoms with Crippen LogP contribution >= 0.6 is 0 Å². The normalized spacial score (nSPS) is 22.1. The molecular formula is C21H27N3O. The summed E-state index contributed by atoms with van der Waals surface area (Å²) in [5.74, 6) is 1.08. The molecule has 0 amide bonds. The lowest BCUT2D eigenvalue weighted by Gasteiger charge is -2.36. The fraction of sp³-hybridized carbons (Fsp3) is 0.476. The third-order valence-corrected chi connectivity index (χ3v) is 5.33. The van der Waals surface area contributed by atoms with Crippen LogP contribution in [0.2, 0.25) is 0 Å². The molecule has 1 aromatic carbocycles. The van der Waals surface area contributed by atoms with Crippen molar-refractivity contribution in [3.8, 4) is 0 Å². The second kappa shape index (κ2) is 7.98. The highest BCUT2D eigenvalue weighted by Crippen LogP contribution is 2.32. The molecule has 1 aromatic heterocycles. The van der Waals surface area contributed by atoms with Gasteiger partial charge in [-0.05, 0) is 36.6 Å². The van der Waals surface area contributed by atoms with Gasteiger partial charge in [0, 0.05) is 31.9 Å². The summed E-state index contributed by atoms with van der Waals surface area (Å²) in [7, 11) is 0. The molecule has 1 atom stereocenters. The van der Waals surface area contributed by atoms with Crippen molar-refractivity contribution >= 4 is 5.82 Å². The standard InChI is InChI=1S/C21H27N3O/c1-2-6-18(7-3-1)17-24-11-5-4-8-20(24)19-9-10-21(22-16-19)23-12-14-25-15-13-23/h1-3,6-7,9-10,16,20H,4-5,8,11-15,17H2/t20-/m0/s1. The molecule has 2 saturated heterocycles. The maximum absolute atomic E-state index is 5.43. The molecular weight excluding hydrogens is 310 g/mol. The van der Waals surface area contributed by atoms with Gasteiger partial charge in [-0.1, -0.05) is 42.8 Å². The predicted molar refractivity (Wildman–Crippen MR) is 101 cm³/mol. The minimum Gasteiger partial charge on any atom is -0.378 e. The SMILES string of the molecule is c1ccc(CN2CCCC[C@H]2c2ccc(N3CCOCC3)nc2)cc1. The number of pyridine rings is 1. The third kappa shape index (κ3) is 4.02. The Morgan fingerprint density at radius 3 is 2.56 bits per heavy atom. The van der Waals surface area contributed by atoms with Gasteiger partial charge in [0.2, 0.25) is 0 Å². The van der Waals surface area contributed by atoms with Gasteiger partial charge in [-0.2, -0.15) is 0 Å². The van der Waals surface area contributed by atoms with Crippen LogP contribution in [0.15, 0.2) is 48.7 Å². The minimum atomic E-state index is 0.486. The summed E-state index contributed by atoms with van der Waals surface area (Å²) >= 11 is 0. The summed E-state index contributed by atoms with van der Waals surface area (Å²) in [4.78, 5) is 9.69. The zero-order valence-corrected chi connectivity index (χ0v) is 14.8. The van der Waals surface area contributed by atoms with E-state index in [-0.39, 0.29) is 0 Å². The number of morpholine rings is 1. The van der Waals surface area contributed by atoms with Crippen molar-refractivity contribution in [1.82, 2.24) is 9.88 Å². The summed E-state index contributed by atoms with van der Waals surface area (Å²) in [5, 5.41) is 0. The Morgan fingerprint density at radius 1 is 0.960 bits per heavy atom. The molecule has 3 heterocycles. The number of nitrogens with zero attached hydrogens (tertiary/aromatic N) is 3. The van der Waals surface area contributed by atoms with E-state index in [0.29, 0.717) is 6.04 Å². The number of likely N-dealkylation sites (tertiary alicyclic amines) is 1. The van der Waals surface area contributed by atoms with Crippen molar-refractivity contribution < 1.29 is 4.74 Å². The van der Waals surface area contributed by atoms with Crippen LogP contribution in [0, 0.1) is 0 Å². The second-order valence-corrected chi connectivity index (χ2v) is 7.02. The van der Waals surface area contributed by atoms with Gasteiger partial charge < -0.3 is 9.64 Å². The Hall–Kier alpha value is -1.91. The monoisotopic (exact) mass is 337 g/mol. The number of benzene rings is 1. The zero-order chi connectivity index (χ0) is 16.9. The molecule has 0 radical (unpaired) electrons. The van der Waals surface area contributed by atoms with Crippen LogP contribution in [-0.4, -0.2) is 42.7 Å². The Kier molecular flexibility index (Phi) is 5.28. The van der Waals surface area contributed by atoms with Gasteiger partial charge in [0.05, 0.1) is 13.2 Å². The first-order chi connectivity index (χ1) is 12.4. The average Bonchev–Trinajstić information content (AvgIpc) is 2.70. The van der Waals surface area contributed by atoms with Crippen molar-refractivity contribution in [1.29, 1.82) is 0 Å². The van der Waals surface area contributed by atoms with Gasteiger partial charge in [0.15, 0.2) is 0 Å². The van der Waals surface area contributed by atoms with Crippen molar-refractivity contribution in [2.45, 2.75) is 31.8 Å². The van der Waals surface area contributed by atoms with Gasteiger partial charge in [-0.15, -0.1) is 0 Å². The molecule has 0 unspecified atom stereocenters. The third-order valence-electron chi connectivity index (χ3n) is 5.33. The maximum Gasteiger partial charge on any atom is 0.128 e. The van der Waals surface area contributed by atoms with Crippen LogP contribution in [0.5, 0.6) is 0 Å². The molecule has 2 fully saturated rings. The van der Waals surface area contributed by atoms with E-state index in [1.165, 1.54) is 36.9 Å². The summed E-state index contributed by atoms with van der Waals surface area (Å²) < 4.78 is 5.43. The summed E-state index contributed by atoms with van der Waals surface area (Å²) in [6.07, 6.45) is 5.92. The highest BCUT2D eigenvalue weighted by Gasteiger charge is 2.24. The van der Waals surface area contributed by atoms with Crippen molar-refractivity contribution in [2.24, 2.45) is 0 Å². The topological polar surface area (TPSA) is 28.6 Å². The molecule has 2 aromatic rings. The number of piperidine rings is 1. The van der Waals surface area contributed by atoms with Crippen LogP contribution in [0.3, 0.4) is 0 Å². The molecule has 0 spiro atoms. The summed E-state index contributed by atoms with van der Waals surface area (Å²) in [5.41, 5.74) is 2.75. The van der Waals surface area contributed by atoms with Crippen LogP contribution in [0.4, 0.5) is 5.82 Å². The lowest BCUT2D eigenvalue weighted by Crippen LogP contribution is -2.37.